The number of hydrogen-bond acceptors (Lipinski definition) is 4. The van der Waals surface area contributed by atoms with E-state index in [-0.39, 0.29) is 11.8 Å². The second-order valence-electron chi connectivity index (χ2n) is 6.50. The third kappa shape index (κ3) is 4.86. The first kappa shape index (κ1) is 18.9. The highest BCUT2D eigenvalue weighted by molar-refractivity contribution is 5.98. The molecule has 1 N–H and O–H groups in total. The number of nitrogens with one attached hydrogen (secondary N) is 1. The van der Waals surface area contributed by atoms with Crippen LogP contribution in [0.3, 0.4) is 0 Å². The average Bonchev–Trinajstić information content (AvgIpc) is 2.70. The Morgan fingerprint density at radius 3 is 2.59 bits per heavy atom. The van der Waals surface area contributed by atoms with Gasteiger partial charge in [-0.1, -0.05) is 24.3 Å². The number of amides is 2. The summed E-state index contributed by atoms with van der Waals surface area (Å²) in [6.07, 6.45) is -0.662. The third-order valence-corrected chi connectivity index (χ3v) is 4.44. The number of nitrogens with zero attached hydrogens (tertiary/aromatic N) is 1. The van der Waals surface area contributed by atoms with E-state index >= 15 is 0 Å². The van der Waals surface area contributed by atoms with Gasteiger partial charge in [-0.3, -0.25) is 9.59 Å². The van der Waals surface area contributed by atoms with Gasteiger partial charge in [-0.15, -0.1) is 0 Å². The van der Waals surface area contributed by atoms with Crippen molar-refractivity contribution in [3.05, 3.63) is 59.7 Å². The number of hydrogen-bond donors (Lipinski definition) is 1. The summed E-state index contributed by atoms with van der Waals surface area (Å²) in [6, 6.07) is 14.5. The van der Waals surface area contributed by atoms with Gasteiger partial charge < -0.3 is 19.7 Å². The molecule has 27 heavy (non-hydrogen) atoms. The summed E-state index contributed by atoms with van der Waals surface area (Å²) >= 11 is 0. The minimum Gasteiger partial charge on any atom is -0.481 e. The van der Waals surface area contributed by atoms with Crippen molar-refractivity contribution in [1.82, 2.24) is 4.90 Å². The molecule has 2 amide bonds. The van der Waals surface area contributed by atoms with Crippen LogP contribution in [0.1, 0.15) is 22.8 Å². The van der Waals surface area contributed by atoms with Crippen LogP contribution in [0.5, 0.6) is 5.75 Å². The van der Waals surface area contributed by atoms with Crippen LogP contribution >= 0.6 is 0 Å². The Morgan fingerprint density at radius 2 is 1.85 bits per heavy atom. The first-order chi connectivity index (χ1) is 13.0. The Bertz CT molecular complexity index is 815. The third-order valence-electron chi connectivity index (χ3n) is 4.44. The molecule has 1 fully saturated rings. The molecule has 1 atom stereocenters. The minimum absolute atomic E-state index is 0.0568. The second kappa shape index (κ2) is 8.68. The van der Waals surface area contributed by atoms with Crippen molar-refractivity contribution in [2.24, 2.45) is 0 Å². The molecule has 3 rings (SSSR count). The first-order valence-corrected chi connectivity index (χ1v) is 9.05. The lowest BCUT2D eigenvalue weighted by molar-refractivity contribution is -0.122. The van der Waals surface area contributed by atoms with Crippen molar-refractivity contribution in [1.29, 1.82) is 0 Å². The summed E-state index contributed by atoms with van der Waals surface area (Å²) in [7, 11) is 0. The van der Waals surface area contributed by atoms with E-state index in [0.29, 0.717) is 43.3 Å². The molecule has 0 aliphatic carbocycles. The molecule has 0 saturated carbocycles. The van der Waals surface area contributed by atoms with Gasteiger partial charge in [0.05, 0.1) is 13.2 Å². The molecule has 1 aliphatic heterocycles. The predicted octanol–water partition coefficient (Wildman–Crippen LogP) is 2.87. The summed E-state index contributed by atoms with van der Waals surface area (Å²) in [5.41, 5.74) is 2.08. The van der Waals surface area contributed by atoms with E-state index in [4.69, 9.17) is 9.47 Å². The molecule has 0 aromatic heterocycles. The fourth-order valence-electron chi connectivity index (χ4n) is 2.86. The minimum atomic E-state index is -0.662. The zero-order chi connectivity index (χ0) is 19.2. The van der Waals surface area contributed by atoms with Gasteiger partial charge in [-0.25, -0.2) is 0 Å². The standard InChI is InChI=1S/C21H24N2O4/c1-15-6-3-4-9-19(15)27-16(2)20(24)22-18-8-5-7-17(14-18)21(25)23-10-12-26-13-11-23/h3-9,14,16H,10-13H2,1-2H3,(H,22,24). The van der Waals surface area contributed by atoms with Gasteiger partial charge in [0, 0.05) is 24.3 Å². The first-order valence-electron chi connectivity index (χ1n) is 9.05. The molecule has 2 aromatic rings. The van der Waals surface area contributed by atoms with Gasteiger partial charge in [0.15, 0.2) is 6.10 Å². The van der Waals surface area contributed by atoms with E-state index in [1.165, 1.54) is 0 Å². The van der Waals surface area contributed by atoms with Crippen LogP contribution < -0.4 is 10.1 Å². The SMILES string of the molecule is Cc1ccccc1OC(C)C(=O)Nc1cccc(C(=O)N2CCOCC2)c1. The number of aryl methyl sites for hydroxylation is 1. The molecule has 0 bridgehead atoms. The number of morpholine rings is 1. The van der Waals surface area contributed by atoms with Gasteiger partial charge in [-0.2, -0.15) is 0 Å². The predicted molar refractivity (Wildman–Crippen MR) is 103 cm³/mol. The monoisotopic (exact) mass is 368 g/mol. The Balaban J connectivity index is 1.64. The van der Waals surface area contributed by atoms with Crippen LogP contribution in [0, 0.1) is 6.92 Å². The normalized spacial score (nSPS) is 15.1. The van der Waals surface area contributed by atoms with E-state index in [2.05, 4.69) is 5.32 Å². The molecule has 1 unspecified atom stereocenters. The molecule has 0 radical (unpaired) electrons. The lowest BCUT2D eigenvalue weighted by Crippen LogP contribution is -2.40. The van der Waals surface area contributed by atoms with Gasteiger partial charge >= 0.3 is 0 Å². The van der Waals surface area contributed by atoms with Crippen molar-refractivity contribution in [2.75, 3.05) is 31.6 Å². The van der Waals surface area contributed by atoms with E-state index in [0.717, 1.165) is 5.56 Å². The van der Waals surface area contributed by atoms with Crippen LogP contribution in [0.2, 0.25) is 0 Å². The molecule has 1 heterocycles. The van der Waals surface area contributed by atoms with E-state index in [1.807, 2.05) is 31.2 Å². The Morgan fingerprint density at radius 1 is 1.11 bits per heavy atom. The zero-order valence-electron chi connectivity index (χ0n) is 15.6. The summed E-state index contributed by atoms with van der Waals surface area (Å²) < 4.78 is 11.0. The van der Waals surface area contributed by atoms with Gasteiger partial charge in [0.1, 0.15) is 5.75 Å². The number of rotatable bonds is 5. The molecule has 142 valence electrons. The maximum absolute atomic E-state index is 12.6. The van der Waals surface area contributed by atoms with E-state index in [9.17, 15) is 9.59 Å². The molecule has 1 aliphatic rings. The van der Waals surface area contributed by atoms with Crippen LogP contribution in [0.25, 0.3) is 0 Å². The molecule has 6 nitrogen and oxygen atoms in total. The largest absolute Gasteiger partial charge is 0.481 e. The topological polar surface area (TPSA) is 67.9 Å². The van der Waals surface area contributed by atoms with Crippen molar-refractivity contribution in [2.45, 2.75) is 20.0 Å². The van der Waals surface area contributed by atoms with Crippen LogP contribution in [-0.2, 0) is 9.53 Å². The summed E-state index contributed by atoms with van der Waals surface area (Å²) in [4.78, 5) is 26.8. The number of carbonyl (C=O) groups is 2. The highest BCUT2D eigenvalue weighted by Gasteiger charge is 2.20. The van der Waals surface area contributed by atoms with Crippen LogP contribution in [-0.4, -0.2) is 49.1 Å². The fourth-order valence-corrected chi connectivity index (χ4v) is 2.86. The van der Waals surface area contributed by atoms with E-state index in [1.54, 1.807) is 36.1 Å². The molecule has 6 heteroatoms. The molecular formula is C21H24N2O4. The van der Waals surface area contributed by atoms with Crippen molar-refractivity contribution in [3.63, 3.8) is 0 Å². The summed E-state index contributed by atoms with van der Waals surface area (Å²) in [5.74, 6) is 0.351. The fraction of sp³-hybridized carbons (Fsp3) is 0.333. The Hall–Kier alpha value is -2.86. The van der Waals surface area contributed by atoms with Gasteiger partial charge in [0.25, 0.3) is 11.8 Å². The van der Waals surface area contributed by atoms with Crippen molar-refractivity contribution in [3.8, 4) is 5.75 Å². The maximum atomic E-state index is 12.6. The van der Waals surface area contributed by atoms with Crippen LogP contribution in [0.15, 0.2) is 48.5 Å². The highest BCUT2D eigenvalue weighted by atomic mass is 16.5. The Kier molecular flexibility index (Phi) is 6.08. The Labute approximate surface area is 159 Å². The molecular weight excluding hydrogens is 344 g/mol. The van der Waals surface area contributed by atoms with Gasteiger partial charge in [0.2, 0.25) is 0 Å². The molecule has 1 saturated heterocycles. The number of carbonyl (C=O) groups excluding carboxylic acids is 2. The number of ether oxygens (including phenoxy) is 2. The average molecular weight is 368 g/mol. The molecule has 0 spiro atoms. The number of para-hydroxylation sites is 1. The van der Waals surface area contributed by atoms with Crippen LogP contribution in [0.4, 0.5) is 5.69 Å². The van der Waals surface area contributed by atoms with Gasteiger partial charge in [-0.05, 0) is 43.7 Å². The van der Waals surface area contributed by atoms with Crippen molar-refractivity contribution < 1.29 is 19.1 Å². The van der Waals surface area contributed by atoms with E-state index < -0.39 is 6.10 Å². The maximum Gasteiger partial charge on any atom is 0.265 e. The summed E-state index contributed by atoms with van der Waals surface area (Å²) in [5, 5.41) is 2.82. The number of anilines is 1. The molecule has 2 aromatic carbocycles. The summed E-state index contributed by atoms with van der Waals surface area (Å²) in [6.45, 7) is 5.89. The zero-order valence-corrected chi connectivity index (χ0v) is 15.6. The smallest absolute Gasteiger partial charge is 0.265 e. The van der Waals surface area contributed by atoms with Crippen molar-refractivity contribution >= 4 is 17.5 Å². The lowest BCUT2D eigenvalue weighted by atomic mass is 10.1. The lowest BCUT2D eigenvalue weighted by Gasteiger charge is -2.27. The number of benzene rings is 2. The quantitative estimate of drug-likeness (QED) is 0.881. The highest BCUT2D eigenvalue weighted by Crippen LogP contribution is 2.19. The second-order valence-corrected chi connectivity index (χ2v) is 6.50.